The van der Waals surface area contributed by atoms with E-state index in [0.29, 0.717) is 5.41 Å². The van der Waals surface area contributed by atoms with Crippen LogP contribution in [0.3, 0.4) is 0 Å². The minimum Gasteiger partial charge on any atom is -0.316 e. The van der Waals surface area contributed by atoms with Gasteiger partial charge in [0.05, 0.1) is 0 Å². The second-order valence-electron chi connectivity index (χ2n) is 5.67. The van der Waals surface area contributed by atoms with Gasteiger partial charge in [-0.3, -0.25) is 0 Å². The minimum atomic E-state index is 0.459. The van der Waals surface area contributed by atoms with Gasteiger partial charge in [-0.15, -0.1) is 0 Å². The van der Waals surface area contributed by atoms with Crippen molar-refractivity contribution >= 4 is 0 Å². The lowest BCUT2D eigenvalue weighted by atomic mass is 9.94. The van der Waals surface area contributed by atoms with E-state index in [0.717, 1.165) is 19.0 Å². The highest BCUT2D eigenvalue weighted by atomic mass is 14.9. The summed E-state index contributed by atoms with van der Waals surface area (Å²) in [4.78, 5) is 0. The van der Waals surface area contributed by atoms with Crippen LogP contribution in [0, 0.1) is 12.8 Å². The summed E-state index contributed by atoms with van der Waals surface area (Å²) in [6.45, 7) is 8.99. The van der Waals surface area contributed by atoms with Gasteiger partial charge >= 0.3 is 0 Å². The van der Waals surface area contributed by atoms with Crippen molar-refractivity contribution in [3.8, 4) is 0 Å². The van der Waals surface area contributed by atoms with Crippen molar-refractivity contribution in [1.82, 2.24) is 5.32 Å². The molecule has 0 aliphatic heterocycles. The molecule has 0 radical (unpaired) electrons. The Labute approximate surface area is 99.3 Å². The summed E-state index contributed by atoms with van der Waals surface area (Å²) in [5, 5.41) is 3.61. The smallest absolute Gasteiger partial charge is 0.00785 e. The first-order valence-corrected chi connectivity index (χ1v) is 6.40. The van der Waals surface area contributed by atoms with Crippen LogP contribution in [-0.2, 0) is 5.41 Å². The number of nitrogens with one attached hydrogen (secondary N) is 1. The van der Waals surface area contributed by atoms with E-state index < -0.39 is 0 Å². The minimum absolute atomic E-state index is 0.459. The lowest BCUT2D eigenvalue weighted by Crippen LogP contribution is -2.29. The molecule has 1 fully saturated rings. The van der Waals surface area contributed by atoms with Crippen LogP contribution >= 0.6 is 0 Å². The molecule has 1 aromatic rings. The molecule has 0 heterocycles. The Morgan fingerprint density at radius 1 is 1.31 bits per heavy atom. The topological polar surface area (TPSA) is 12.0 Å². The van der Waals surface area contributed by atoms with Crippen LogP contribution in [0.1, 0.15) is 37.8 Å². The van der Waals surface area contributed by atoms with E-state index in [1.807, 2.05) is 0 Å². The first-order chi connectivity index (χ1) is 7.62. The first-order valence-electron chi connectivity index (χ1n) is 6.40. The van der Waals surface area contributed by atoms with Crippen LogP contribution in [-0.4, -0.2) is 13.1 Å². The molecule has 0 saturated heterocycles. The molecule has 0 bridgehead atoms. The predicted octanol–water partition coefficient (Wildman–Crippen LogP) is 3.27. The van der Waals surface area contributed by atoms with E-state index >= 15 is 0 Å². The van der Waals surface area contributed by atoms with Crippen molar-refractivity contribution in [2.75, 3.05) is 13.1 Å². The molecule has 1 aliphatic rings. The van der Waals surface area contributed by atoms with Crippen LogP contribution in [0.2, 0.25) is 0 Å². The van der Waals surface area contributed by atoms with E-state index in [1.165, 1.54) is 24.0 Å². The summed E-state index contributed by atoms with van der Waals surface area (Å²) >= 11 is 0. The van der Waals surface area contributed by atoms with Gasteiger partial charge in [-0.25, -0.2) is 0 Å². The molecule has 16 heavy (non-hydrogen) atoms. The SMILES string of the molecule is Cc1cccc(C2(CNCC(C)C)CC2)c1. The van der Waals surface area contributed by atoms with Crippen molar-refractivity contribution in [3.63, 3.8) is 0 Å². The average molecular weight is 217 g/mol. The summed E-state index contributed by atoms with van der Waals surface area (Å²) in [5.41, 5.74) is 3.37. The van der Waals surface area contributed by atoms with Crippen molar-refractivity contribution in [2.24, 2.45) is 5.92 Å². The molecule has 0 unspecified atom stereocenters. The van der Waals surface area contributed by atoms with E-state index in [1.54, 1.807) is 0 Å². The third-order valence-corrected chi connectivity index (χ3v) is 3.50. The Morgan fingerprint density at radius 3 is 2.62 bits per heavy atom. The number of aryl methyl sites for hydroxylation is 1. The normalized spacial score (nSPS) is 17.8. The molecule has 0 aromatic heterocycles. The number of benzene rings is 1. The molecule has 1 heteroatoms. The molecule has 0 spiro atoms. The first kappa shape index (κ1) is 11.7. The number of hydrogen-bond donors (Lipinski definition) is 1. The monoisotopic (exact) mass is 217 g/mol. The maximum atomic E-state index is 3.61. The Bertz CT molecular complexity index is 350. The lowest BCUT2D eigenvalue weighted by molar-refractivity contribution is 0.509. The average Bonchev–Trinajstić information content (AvgIpc) is 2.98. The van der Waals surface area contributed by atoms with Crippen LogP contribution in [0.4, 0.5) is 0 Å². The summed E-state index contributed by atoms with van der Waals surface area (Å²) in [6.07, 6.45) is 2.70. The van der Waals surface area contributed by atoms with Gasteiger partial charge in [0, 0.05) is 12.0 Å². The third kappa shape index (κ3) is 2.65. The Morgan fingerprint density at radius 2 is 2.06 bits per heavy atom. The van der Waals surface area contributed by atoms with Crippen LogP contribution in [0.5, 0.6) is 0 Å². The zero-order valence-electron chi connectivity index (χ0n) is 10.7. The van der Waals surface area contributed by atoms with Gasteiger partial charge in [0.2, 0.25) is 0 Å². The van der Waals surface area contributed by atoms with Crippen LogP contribution in [0.25, 0.3) is 0 Å². The molecule has 1 aliphatic carbocycles. The van der Waals surface area contributed by atoms with Gasteiger partial charge in [-0.2, -0.15) is 0 Å². The Hall–Kier alpha value is -0.820. The van der Waals surface area contributed by atoms with Gasteiger partial charge in [0.25, 0.3) is 0 Å². The van der Waals surface area contributed by atoms with Gasteiger partial charge in [-0.1, -0.05) is 43.7 Å². The number of hydrogen-bond acceptors (Lipinski definition) is 1. The molecular formula is C15H23N. The van der Waals surface area contributed by atoms with E-state index in [4.69, 9.17) is 0 Å². The van der Waals surface area contributed by atoms with Crippen LogP contribution < -0.4 is 5.32 Å². The van der Waals surface area contributed by atoms with Gasteiger partial charge in [0.15, 0.2) is 0 Å². The second kappa shape index (κ2) is 4.58. The Kier molecular flexibility index (Phi) is 3.34. The Balaban J connectivity index is 1.97. The number of rotatable bonds is 5. The van der Waals surface area contributed by atoms with Crippen molar-refractivity contribution in [3.05, 3.63) is 35.4 Å². The summed E-state index contributed by atoms with van der Waals surface area (Å²) < 4.78 is 0. The summed E-state index contributed by atoms with van der Waals surface area (Å²) in [6, 6.07) is 9.01. The molecule has 2 rings (SSSR count). The highest BCUT2D eigenvalue weighted by Crippen LogP contribution is 2.47. The fourth-order valence-electron chi connectivity index (χ4n) is 2.29. The van der Waals surface area contributed by atoms with Gasteiger partial charge in [-0.05, 0) is 37.8 Å². The predicted molar refractivity (Wildman–Crippen MR) is 69.8 cm³/mol. The maximum absolute atomic E-state index is 3.61. The molecule has 1 saturated carbocycles. The highest BCUT2D eigenvalue weighted by molar-refractivity contribution is 5.34. The quantitative estimate of drug-likeness (QED) is 0.798. The maximum Gasteiger partial charge on any atom is 0.00785 e. The molecule has 1 N–H and O–H groups in total. The largest absolute Gasteiger partial charge is 0.316 e. The fourth-order valence-corrected chi connectivity index (χ4v) is 2.29. The summed E-state index contributed by atoms with van der Waals surface area (Å²) in [7, 11) is 0. The standard InChI is InChI=1S/C15H23N/c1-12(2)10-16-11-15(7-8-15)14-6-4-5-13(3)9-14/h4-6,9,12,16H,7-8,10-11H2,1-3H3. The molecular weight excluding hydrogens is 194 g/mol. The van der Waals surface area contributed by atoms with Crippen molar-refractivity contribution in [1.29, 1.82) is 0 Å². The molecule has 0 atom stereocenters. The van der Waals surface area contributed by atoms with Gasteiger partial charge < -0.3 is 5.32 Å². The highest BCUT2D eigenvalue weighted by Gasteiger charge is 2.43. The van der Waals surface area contributed by atoms with E-state index in [-0.39, 0.29) is 0 Å². The molecule has 1 aromatic carbocycles. The molecule has 88 valence electrons. The second-order valence-corrected chi connectivity index (χ2v) is 5.67. The van der Waals surface area contributed by atoms with Crippen molar-refractivity contribution < 1.29 is 0 Å². The third-order valence-electron chi connectivity index (χ3n) is 3.50. The fraction of sp³-hybridized carbons (Fsp3) is 0.600. The van der Waals surface area contributed by atoms with E-state index in [9.17, 15) is 0 Å². The zero-order valence-corrected chi connectivity index (χ0v) is 10.7. The molecule has 1 nitrogen and oxygen atoms in total. The van der Waals surface area contributed by atoms with Crippen LogP contribution in [0.15, 0.2) is 24.3 Å². The van der Waals surface area contributed by atoms with Crippen molar-refractivity contribution in [2.45, 2.75) is 39.0 Å². The zero-order chi connectivity index (χ0) is 11.6. The molecule has 0 amide bonds. The van der Waals surface area contributed by atoms with Gasteiger partial charge in [0.1, 0.15) is 0 Å². The van der Waals surface area contributed by atoms with E-state index in [2.05, 4.69) is 50.4 Å². The summed E-state index contributed by atoms with van der Waals surface area (Å²) in [5.74, 6) is 0.744. The lowest BCUT2D eigenvalue weighted by Gasteiger charge is -2.18.